The topological polar surface area (TPSA) is 173 Å². The van der Waals surface area contributed by atoms with Crippen molar-refractivity contribution in [1.82, 2.24) is 74.4 Å². The molecule has 85 heavy (non-hydrogen) atoms. The van der Waals surface area contributed by atoms with Crippen molar-refractivity contribution in [1.29, 1.82) is 0 Å². The Morgan fingerprint density at radius 1 is 0.271 bits per heavy atom. The van der Waals surface area contributed by atoms with E-state index >= 15 is 0 Å². The van der Waals surface area contributed by atoms with Gasteiger partial charge >= 0.3 is 0 Å². The van der Waals surface area contributed by atoms with E-state index in [1.54, 1.807) is 75.0 Å². The van der Waals surface area contributed by atoms with E-state index in [2.05, 4.69) is 76.4 Å². The highest BCUT2D eigenvalue weighted by atomic mass is 15.6. The first-order valence-corrected chi connectivity index (χ1v) is 30.5. The summed E-state index contributed by atoms with van der Waals surface area (Å²) in [6, 6.07) is 16.1. The average molecular weight is 1180 g/mol. The molecule has 0 aliphatic heterocycles. The monoisotopic (exact) mass is 1180 g/mol. The van der Waals surface area contributed by atoms with E-state index in [-0.39, 0.29) is 0 Å². The van der Waals surface area contributed by atoms with Gasteiger partial charge in [0.25, 0.3) is 0 Å². The van der Waals surface area contributed by atoms with Gasteiger partial charge in [0.05, 0.1) is 59.0 Å². The summed E-state index contributed by atoms with van der Waals surface area (Å²) in [7, 11) is 9.48. The molecule has 0 radical (unpaired) electrons. The van der Waals surface area contributed by atoms with Gasteiger partial charge in [0, 0.05) is 67.5 Å². The van der Waals surface area contributed by atoms with Crippen LogP contribution < -0.4 is 23.4 Å². The molecule has 470 valence electrons. The fourth-order valence-electron chi connectivity index (χ4n) is 6.45. The molecule has 0 fully saturated rings. The molecular formula is C65H115N20+5. The van der Waals surface area contributed by atoms with Crippen LogP contribution in [0.25, 0.3) is 28.4 Å². The van der Waals surface area contributed by atoms with Gasteiger partial charge in [-0.3, -0.25) is 15.0 Å². The number of para-hydroxylation sites is 1. The van der Waals surface area contributed by atoms with Crippen molar-refractivity contribution in [3.8, 4) is 28.4 Å². The van der Waals surface area contributed by atoms with E-state index in [1.807, 2.05) is 302 Å². The normalized spacial score (nSPS) is 8.59. The van der Waals surface area contributed by atoms with Crippen LogP contribution in [0.2, 0.25) is 0 Å². The number of hydrogen-bond acceptors (Lipinski definition) is 10. The van der Waals surface area contributed by atoms with Crippen LogP contribution in [0.1, 0.15) is 167 Å². The number of nitrogens with zero attached hydrogens (tertiary/aromatic N) is 20. The van der Waals surface area contributed by atoms with Crippen LogP contribution in [0.4, 0.5) is 0 Å². The lowest BCUT2D eigenvalue weighted by Crippen LogP contribution is -2.40. The molecule has 0 atom stereocenters. The van der Waals surface area contributed by atoms with Crippen LogP contribution >= 0.6 is 0 Å². The quantitative estimate of drug-likeness (QED) is 0.151. The maximum Gasteiger partial charge on any atom is 0.206 e. The molecule has 10 rings (SSSR count). The fourth-order valence-corrected chi connectivity index (χ4v) is 6.45. The number of benzene rings is 1. The van der Waals surface area contributed by atoms with Gasteiger partial charge in [-0.25, -0.2) is 9.97 Å². The highest BCUT2D eigenvalue weighted by molar-refractivity contribution is 5.32. The van der Waals surface area contributed by atoms with Crippen LogP contribution in [0, 0.1) is 34.6 Å². The average Bonchev–Trinajstić information content (AvgIpc) is 4.60. The van der Waals surface area contributed by atoms with E-state index in [4.69, 9.17) is 0 Å². The van der Waals surface area contributed by atoms with Crippen LogP contribution in [-0.4, -0.2) is 74.4 Å². The predicted octanol–water partition coefficient (Wildman–Crippen LogP) is 12.3. The third-order valence-corrected chi connectivity index (χ3v) is 9.98. The Labute approximate surface area is 514 Å². The Balaban J connectivity index is -0.000000291. The van der Waals surface area contributed by atoms with Crippen LogP contribution in [0.5, 0.6) is 0 Å². The Hall–Kier alpha value is -8.55. The molecule has 1 aromatic carbocycles. The second-order valence-electron chi connectivity index (χ2n) is 14.5. The maximum atomic E-state index is 4.21. The molecule has 0 saturated heterocycles. The second-order valence-corrected chi connectivity index (χ2v) is 14.5. The molecule has 9 aromatic heterocycles. The standard InChI is InChI=1S/C10H12N3.3C9H11N4.C8H10N5.10C2H6/c1-9-5-3-4-6-10(9)13-8-7-11-12(13)2;1-8-7-10-4-3-9(8)13-6-5-11-12(13)2;1-8-3-4-10-7-9(8)13-6-5-11-12(13)2;1-8-9(4-3-5-10-8)13-7-6-11-12(13)2;1-7-8(5-9-6-10-7)13-4-3-11-12(13)2;10*1-2/h3-8H,1-2H3;3*3-7H,1-2H3;3-6H,1-2H3;10*1-2H3/q5*+1;;;;;;;;;;. The Bertz CT molecular complexity index is 2580. The molecule has 10 aromatic rings. The molecular weight excluding hydrogens is 1060 g/mol. The summed E-state index contributed by atoms with van der Waals surface area (Å²) in [5.74, 6) is 0. The summed E-state index contributed by atoms with van der Waals surface area (Å²) >= 11 is 0. The van der Waals surface area contributed by atoms with Crippen molar-refractivity contribution >= 4 is 0 Å². The van der Waals surface area contributed by atoms with Gasteiger partial charge in [-0.15, -0.1) is 23.4 Å². The summed E-state index contributed by atoms with van der Waals surface area (Å²) in [5.41, 5.74) is 10.8. The highest BCUT2D eigenvalue weighted by Gasteiger charge is 2.14. The molecule has 0 unspecified atom stereocenters. The molecule has 20 heteroatoms. The van der Waals surface area contributed by atoms with Crippen LogP contribution in [-0.2, 0) is 35.2 Å². The van der Waals surface area contributed by atoms with E-state index in [0.29, 0.717) is 0 Å². The molecule has 0 spiro atoms. The Kier molecular flexibility index (Phi) is 56.1. The van der Waals surface area contributed by atoms with Crippen molar-refractivity contribution in [2.75, 3.05) is 0 Å². The summed E-state index contributed by atoms with van der Waals surface area (Å²) in [6.45, 7) is 50.1. The van der Waals surface area contributed by atoms with E-state index < -0.39 is 0 Å². The maximum absolute atomic E-state index is 4.21. The second kappa shape index (κ2) is 56.0. The molecule has 0 aliphatic rings. The van der Waals surface area contributed by atoms with Gasteiger partial charge < -0.3 is 0 Å². The minimum Gasteiger partial charge on any atom is -0.264 e. The zero-order valence-corrected chi connectivity index (χ0v) is 58.4. The third-order valence-electron chi connectivity index (χ3n) is 9.98. The Morgan fingerprint density at radius 3 is 0.953 bits per heavy atom. The lowest BCUT2D eigenvalue weighted by molar-refractivity contribution is -0.688. The van der Waals surface area contributed by atoms with Crippen molar-refractivity contribution in [2.45, 2.75) is 173 Å². The van der Waals surface area contributed by atoms with Gasteiger partial charge in [-0.2, -0.15) is 0 Å². The van der Waals surface area contributed by atoms with Crippen LogP contribution in [0.3, 0.4) is 0 Å². The molecule has 0 amide bonds. The van der Waals surface area contributed by atoms with Crippen molar-refractivity contribution in [3.63, 3.8) is 0 Å². The zero-order valence-electron chi connectivity index (χ0n) is 58.4. The number of hydrogen-bond donors (Lipinski definition) is 0. The van der Waals surface area contributed by atoms with E-state index in [1.165, 1.54) is 23.1 Å². The van der Waals surface area contributed by atoms with Gasteiger partial charge in [0.1, 0.15) is 6.33 Å². The minimum absolute atomic E-state index is 0.934. The molecule has 20 nitrogen and oxygen atoms in total. The lowest BCUT2D eigenvalue weighted by Gasteiger charge is -2.00. The van der Waals surface area contributed by atoms with Gasteiger partial charge in [0.15, 0.2) is 59.4 Å². The summed E-state index contributed by atoms with van der Waals surface area (Å²) in [6.07, 6.45) is 30.7. The molecule has 0 saturated carbocycles. The SMILES string of the molecule is CC.CC.CC.CC.CC.CC.CC.CC.CC.CC.Cc1ccccc1-[n+]1ccnn1C.Cc1ccncc1-[n+]1ccnn1C.Cc1cnccc1-[n+]1ccnn1C.Cc1ncccc1-[n+]1ccnn1C.Cc1ncncc1-[n+]1ccnn1C. The highest BCUT2D eigenvalue weighted by Crippen LogP contribution is 2.06. The van der Waals surface area contributed by atoms with E-state index in [9.17, 15) is 0 Å². The smallest absolute Gasteiger partial charge is 0.206 e. The third kappa shape index (κ3) is 30.0. The lowest BCUT2D eigenvalue weighted by atomic mass is 10.2. The first-order chi connectivity index (χ1) is 41.4. The molecule has 0 aliphatic carbocycles. The van der Waals surface area contributed by atoms with E-state index in [0.717, 1.165) is 39.7 Å². The molecule has 0 N–H and O–H groups in total. The minimum atomic E-state index is 0.934. The van der Waals surface area contributed by atoms with Crippen molar-refractivity contribution < 1.29 is 23.4 Å². The van der Waals surface area contributed by atoms with Gasteiger partial charge in [-0.05, 0) is 88.4 Å². The molecule has 0 bridgehead atoms. The van der Waals surface area contributed by atoms with Crippen molar-refractivity contribution in [2.24, 2.45) is 35.2 Å². The largest absolute Gasteiger partial charge is 0.264 e. The number of rotatable bonds is 5. The fraction of sp³-hybridized carbons (Fsp3) is 0.462. The number of pyridine rings is 3. The van der Waals surface area contributed by atoms with Gasteiger partial charge in [0.2, 0.25) is 31.0 Å². The first kappa shape index (κ1) is 85.2. The number of aryl methyl sites for hydroxylation is 10. The first-order valence-electron chi connectivity index (χ1n) is 30.5. The number of aromatic nitrogens is 20. The zero-order chi connectivity index (χ0) is 66.3. The predicted molar refractivity (Wildman–Crippen MR) is 350 cm³/mol. The summed E-state index contributed by atoms with van der Waals surface area (Å²) in [4.78, 5) is 29.3. The summed E-state index contributed by atoms with van der Waals surface area (Å²) in [5, 5.41) is 20.4. The summed E-state index contributed by atoms with van der Waals surface area (Å²) < 4.78 is 9.76. The molecule has 9 heterocycles. The van der Waals surface area contributed by atoms with Crippen LogP contribution in [0.15, 0.2) is 154 Å². The van der Waals surface area contributed by atoms with Gasteiger partial charge in [-0.1, -0.05) is 157 Å². The Morgan fingerprint density at radius 2 is 0.588 bits per heavy atom. The van der Waals surface area contributed by atoms with Crippen molar-refractivity contribution in [3.05, 3.63) is 182 Å².